The van der Waals surface area contributed by atoms with Crippen LogP contribution in [0.1, 0.15) is 12.8 Å². The van der Waals surface area contributed by atoms with Crippen molar-refractivity contribution in [3.8, 4) is 0 Å². The zero-order valence-corrected chi connectivity index (χ0v) is 10.7. The highest BCUT2D eigenvalue weighted by atomic mass is 16.2. The summed E-state index contributed by atoms with van der Waals surface area (Å²) in [6.45, 7) is 2.57. The van der Waals surface area contributed by atoms with E-state index in [0.717, 1.165) is 32.5 Å². The number of carbonyl (C=O) groups is 1. The minimum Gasteiger partial charge on any atom is -0.354 e. The van der Waals surface area contributed by atoms with Gasteiger partial charge in [0.15, 0.2) is 5.96 Å². The highest BCUT2D eigenvalue weighted by Crippen LogP contribution is 2.24. The monoisotopic (exact) mass is 262 g/mol. The topological polar surface area (TPSA) is 86.0 Å². The Morgan fingerprint density at radius 2 is 2.26 bits per heavy atom. The summed E-state index contributed by atoms with van der Waals surface area (Å²) in [5.74, 6) is 0.510. The van der Waals surface area contributed by atoms with Gasteiger partial charge in [0.1, 0.15) is 6.54 Å². The van der Waals surface area contributed by atoms with Crippen molar-refractivity contribution in [1.29, 1.82) is 5.41 Å². The lowest BCUT2D eigenvalue weighted by molar-refractivity contribution is -0.133. The quantitative estimate of drug-likeness (QED) is 0.662. The summed E-state index contributed by atoms with van der Waals surface area (Å²) in [6, 6.07) is 1.82. The van der Waals surface area contributed by atoms with E-state index in [-0.39, 0.29) is 11.4 Å². The van der Waals surface area contributed by atoms with E-state index in [1.54, 1.807) is 17.1 Å². The Balaban J connectivity index is 1.55. The van der Waals surface area contributed by atoms with Crippen LogP contribution < -0.4 is 10.6 Å². The Hall–Kier alpha value is -2.05. The molecule has 0 aliphatic carbocycles. The fraction of sp³-hybridized carbons (Fsp3) is 0.583. The normalized spacial score (nSPS) is 21.3. The van der Waals surface area contributed by atoms with Crippen LogP contribution in [-0.2, 0) is 11.3 Å². The number of nitrogens with zero attached hydrogens (tertiary/aromatic N) is 3. The van der Waals surface area contributed by atoms with Crippen molar-refractivity contribution in [2.45, 2.75) is 24.9 Å². The molecule has 0 atom stereocenters. The second-order valence-corrected chi connectivity index (χ2v) is 5.22. The Morgan fingerprint density at radius 3 is 2.84 bits per heavy atom. The van der Waals surface area contributed by atoms with Crippen molar-refractivity contribution in [1.82, 2.24) is 25.3 Å². The lowest BCUT2D eigenvalue weighted by Gasteiger charge is -2.38. The van der Waals surface area contributed by atoms with E-state index >= 15 is 0 Å². The van der Waals surface area contributed by atoms with Gasteiger partial charge in [-0.3, -0.25) is 14.9 Å². The van der Waals surface area contributed by atoms with Gasteiger partial charge in [-0.05, 0) is 18.9 Å². The molecule has 1 amide bonds. The summed E-state index contributed by atoms with van der Waals surface area (Å²) in [4.78, 5) is 14.0. The van der Waals surface area contributed by atoms with Gasteiger partial charge in [0.05, 0.1) is 5.54 Å². The van der Waals surface area contributed by atoms with Gasteiger partial charge in [0, 0.05) is 32.0 Å². The first kappa shape index (κ1) is 12.0. The van der Waals surface area contributed by atoms with Crippen LogP contribution in [0.25, 0.3) is 0 Å². The summed E-state index contributed by atoms with van der Waals surface area (Å²) in [5, 5.41) is 17.8. The Kier molecular flexibility index (Phi) is 2.88. The van der Waals surface area contributed by atoms with Gasteiger partial charge in [-0.25, -0.2) is 0 Å². The number of hydrogen-bond acceptors (Lipinski definition) is 3. The standard InChI is InChI=1S/C12H18N6O/c13-11-14-9-12(16-11)2-6-17(7-3-12)10(19)8-18-5-1-4-15-18/h1,4-5H,2-3,6-9H2,(H3,13,14,16). The molecule has 2 saturated heterocycles. The third-order valence-corrected chi connectivity index (χ3v) is 3.92. The molecule has 102 valence electrons. The van der Waals surface area contributed by atoms with Crippen LogP contribution in [0.2, 0.25) is 0 Å². The summed E-state index contributed by atoms with van der Waals surface area (Å²) in [5.41, 5.74) is -0.0282. The zero-order chi connectivity index (χ0) is 13.3. The molecule has 0 bridgehead atoms. The number of amides is 1. The van der Waals surface area contributed by atoms with Crippen molar-refractivity contribution in [3.05, 3.63) is 18.5 Å². The highest BCUT2D eigenvalue weighted by molar-refractivity contribution is 5.80. The van der Waals surface area contributed by atoms with E-state index in [4.69, 9.17) is 5.41 Å². The SMILES string of the molecule is N=C1NCC2(CCN(C(=O)Cn3cccn3)CC2)N1. The number of rotatable bonds is 2. The minimum atomic E-state index is -0.0282. The van der Waals surface area contributed by atoms with Crippen molar-refractivity contribution in [2.75, 3.05) is 19.6 Å². The maximum atomic E-state index is 12.1. The maximum Gasteiger partial charge on any atom is 0.244 e. The molecule has 0 unspecified atom stereocenters. The van der Waals surface area contributed by atoms with E-state index in [2.05, 4.69) is 15.7 Å². The zero-order valence-electron chi connectivity index (χ0n) is 10.7. The summed E-state index contributed by atoms with van der Waals surface area (Å²) in [7, 11) is 0. The van der Waals surface area contributed by atoms with Gasteiger partial charge in [-0.15, -0.1) is 0 Å². The molecule has 2 aliphatic rings. The predicted molar refractivity (Wildman–Crippen MR) is 69.6 cm³/mol. The van der Waals surface area contributed by atoms with Gasteiger partial charge in [-0.1, -0.05) is 0 Å². The first-order valence-electron chi connectivity index (χ1n) is 6.53. The molecular weight excluding hydrogens is 244 g/mol. The minimum absolute atomic E-state index is 0.0282. The second-order valence-electron chi connectivity index (χ2n) is 5.22. The molecule has 1 aromatic rings. The first-order valence-corrected chi connectivity index (χ1v) is 6.53. The molecule has 0 radical (unpaired) electrons. The van der Waals surface area contributed by atoms with Crippen molar-refractivity contribution < 1.29 is 4.79 Å². The van der Waals surface area contributed by atoms with Crippen molar-refractivity contribution in [2.24, 2.45) is 0 Å². The molecule has 3 heterocycles. The van der Waals surface area contributed by atoms with E-state index in [9.17, 15) is 4.79 Å². The number of piperidine rings is 1. The molecule has 3 rings (SSSR count). The van der Waals surface area contributed by atoms with Gasteiger partial charge < -0.3 is 15.5 Å². The largest absolute Gasteiger partial charge is 0.354 e. The molecule has 2 fully saturated rings. The summed E-state index contributed by atoms with van der Waals surface area (Å²) >= 11 is 0. The summed E-state index contributed by atoms with van der Waals surface area (Å²) < 4.78 is 1.65. The highest BCUT2D eigenvalue weighted by Gasteiger charge is 2.39. The second kappa shape index (κ2) is 4.56. The number of aromatic nitrogens is 2. The van der Waals surface area contributed by atoms with E-state index in [1.807, 2.05) is 11.0 Å². The van der Waals surface area contributed by atoms with E-state index < -0.39 is 0 Å². The first-order chi connectivity index (χ1) is 9.17. The van der Waals surface area contributed by atoms with Crippen LogP contribution in [0.15, 0.2) is 18.5 Å². The van der Waals surface area contributed by atoms with Gasteiger partial charge in [0.2, 0.25) is 5.91 Å². The van der Waals surface area contributed by atoms with Crippen molar-refractivity contribution in [3.63, 3.8) is 0 Å². The fourth-order valence-electron chi connectivity index (χ4n) is 2.73. The number of nitrogens with one attached hydrogen (secondary N) is 3. The molecular formula is C12H18N6O. The van der Waals surface area contributed by atoms with Gasteiger partial charge in [0.25, 0.3) is 0 Å². The molecule has 0 saturated carbocycles. The Morgan fingerprint density at radius 1 is 1.47 bits per heavy atom. The van der Waals surface area contributed by atoms with Crippen LogP contribution in [0, 0.1) is 5.41 Å². The molecule has 7 heteroatoms. The van der Waals surface area contributed by atoms with Crippen LogP contribution in [0.3, 0.4) is 0 Å². The Labute approximate surface area is 111 Å². The molecule has 0 aromatic carbocycles. The summed E-state index contributed by atoms with van der Waals surface area (Å²) in [6.07, 6.45) is 5.24. The molecule has 7 nitrogen and oxygen atoms in total. The van der Waals surface area contributed by atoms with E-state index in [1.165, 1.54) is 0 Å². The number of carbonyl (C=O) groups excluding carboxylic acids is 1. The van der Waals surface area contributed by atoms with E-state index in [0.29, 0.717) is 12.5 Å². The predicted octanol–water partition coefficient (Wildman–Crippen LogP) is -0.628. The van der Waals surface area contributed by atoms with Crippen LogP contribution in [0.5, 0.6) is 0 Å². The van der Waals surface area contributed by atoms with Gasteiger partial charge in [-0.2, -0.15) is 5.10 Å². The number of likely N-dealkylation sites (tertiary alicyclic amines) is 1. The number of hydrogen-bond donors (Lipinski definition) is 3. The lowest BCUT2D eigenvalue weighted by Crippen LogP contribution is -2.54. The average Bonchev–Trinajstić information content (AvgIpc) is 3.01. The molecule has 1 spiro atoms. The molecule has 19 heavy (non-hydrogen) atoms. The van der Waals surface area contributed by atoms with Crippen LogP contribution >= 0.6 is 0 Å². The van der Waals surface area contributed by atoms with Crippen LogP contribution in [-0.4, -0.2) is 51.7 Å². The third kappa shape index (κ3) is 2.40. The maximum absolute atomic E-state index is 12.1. The molecule has 2 aliphatic heterocycles. The van der Waals surface area contributed by atoms with Gasteiger partial charge >= 0.3 is 0 Å². The fourth-order valence-corrected chi connectivity index (χ4v) is 2.73. The lowest BCUT2D eigenvalue weighted by atomic mass is 9.88. The van der Waals surface area contributed by atoms with Crippen LogP contribution in [0.4, 0.5) is 0 Å². The third-order valence-electron chi connectivity index (χ3n) is 3.92. The Bertz CT molecular complexity index is 474. The average molecular weight is 262 g/mol. The molecule has 1 aromatic heterocycles. The molecule has 3 N–H and O–H groups in total. The smallest absolute Gasteiger partial charge is 0.244 e. The van der Waals surface area contributed by atoms with Crippen molar-refractivity contribution >= 4 is 11.9 Å². The number of guanidine groups is 1.